The Kier molecular flexibility index (Phi) is 7.41. The van der Waals surface area contributed by atoms with Crippen LogP contribution in [0.2, 0.25) is 0 Å². The Morgan fingerprint density at radius 2 is 1.97 bits per heavy atom. The minimum absolute atomic E-state index is 0.113. The fraction of sp³-hybridized carbons (Fsp3) is 0.273. The molecule has 0 bridgehead atoms. The number of benzene rings is 2. The van der Waals surface area contributed by atoms with Crippen molar-refractivity contribution in [2.75, 3.05) is 25.6 Å². The first-order valence-corrected chi connectivity index (χ1v) is 10.1. The largest absolute Gasteiger partial charge is 0.497 e. The van der Waals surface area contributed by atoms with Crippen molar-refractivity contribution in [3.63, 3.8) is 0 Å². The molecule has 0 unspecified atom stereocenters. The third-order valence-electron chi connectivity index (χ3n) is 5.00. The molecule has 0 saturated carbocycles. The van der Waals surface area contributed by atoms with Crippen molar-refractivity contribution in [3.8, 4) is 5.75 Å². The number of nitrogens with zero attached hydrogens (tertiary/aromatic N) is 2. The van der Waals surface area contributed by atoms with Crippen molar-refractivity contribution in [3.05, 3.63) is 63.7 Å². The van der Waals surface area contributed by atoms with Crippen LogP contribution in [0.4, 0.5) is 11.4 Å². The second kappa shape index (κ2) is 10.4. The second-order valence-corrected chi connectivity index (χ2v) is 7.51. The molecule has 0 aromatic heterocycles. The molecule has 0 radical (unpaired) electrons. The first-order valence-electron chi connectivity index (χ1n) is 10.1. The molecular formula is C22H22N4O8. The number of nitro groups is 1. The maximum absolute atomic E-state index is 12.4. The molecule has 1 saturated heterocycles. The highest BCUT2D eigenvalue weighted by atomic mass is 16.6. The summed E-state index contributed by atoms with van der Waals surface area (Å²) in [7, 11) is 1.37. The van der Waals surface area contributed by atoms with Gasteiger partial charge in [-0.25, -0.2) is 0 Å². The van der Waals surface area contributed by atoms with Crippen LogP contribution >= 0.6 is 0 Å². The molecule has 1 aliphatic heterocycles. The topological polar surface area (TPSA) is 157 Å². The number of anilines is 1. The lowest BCUT2D eigenvalue weighted by Gasteiger charge is -2.17. The summed E-state index contributed by atoms with van der Waals surface area (Å²) in [6.45, 7) is 0.998. The van der Waals surface area contributed by atoms with Gasteiger partial charge in [0, 0.05) is 24.1 Å². The van der Waals surface area contributed by atoms with Crippen LogP contribution in [-0.4, -0.2) is 53.9 Å². The Morgan fingerprint density at radius 3 is 2.65 bits per heavy atom. The molecule has 12 heteroatoms. The van der Waals surface area contributed by atoms with E-state index in [-0.39, 0.29) is 30.1 Å². The molecule has 1 fully saturated rings. The van der Waals surface area contributed by atoms with Gasteiger partial charge in [0.2, 0.25) is 5.91 Å². The van der Waals surface area contributed by atoms with Gasteiger partial charge >= 0.3 is 5.97 Å². The molecule has 178 valence electrons. The van der Waals surface area contributed by atoms with Gasteiger partial charge in [0.1, 0.15) is 11.4 Å². The summed E-state index contributed by atoms with van der Waals surface area (Å²) in [6, 6.07) is 10.6. The predicted molar refractivity (Wildman–Crippen MR) is 118 cm³/mol. The Balaban J connectivity index is 1.53. The first kappa shape index (κ1) is 24.2. The molecular weight excluding hydrogens is 448 g/mol. The van der Waals surface area contributed by atoms with Gasteiger partial charge in [-0.05, 0) is 25.1 Å². The average molecular weight is 470 g/mol. The maximum atomic E-state index is 12.4. The summed E-state index contributed by atoms with van der Waals surface area (Å²) in [5, 5.41) is 14.5. The predicted octanol–water partition coefficient (Wildman–Crippen LogP) is 1.59. The third kappa shape index (κ3) is 5.85. The number of rotatable bonds is 8. The van der Waals surface area contributed by atoms with Crippen molar-refractivity contribution in [1.29, 1.82) is 0 Å². The summed E-state index contributed by atoms with van der Waals surface area (Å²) >= 11 is 0. The summed E-state index contributed by atoms with van der Waals surface area (Å²) in [5.41, 5.74) is 3.22. The number of esters is 1. The molecule has 34 heavy (non-hydrogen) atoms. The lowest BCUT2D eigenvalue weighted by atomic mass is 10.1. The fourth-order valence-corrected chi connectivity index (χ4v) is 3.29. The van der Waals surface area contributed by atoms with Gasteiger partial charge in [-0.1, -0.05) is 17.7 Å². The standard InChI is InChI=1S/C22H22N4O8/c1-13-4-3-5-14(8-13)21(29)24-25-11-15(9-20(25)28)22(30)34-12-19(27)23-17-10-16(33-2)6-7-18(17)26(31)32/h3-8,10,15H,9,11-12H2,1-2H3,(H,23,27)(H,24,29)/t15-/m0/s1. The zero-order valence-corrected chi connectivity index (χ0v) is 18.4. The fourth-order valence-electron chi connectivity index (χ4n) is 3.29. The van der Waals surface area contributed by atoms with E-state index < -0.39 is 41.1 Å². The van der Waals surface area contributed by atoms with Crippen molar-refractivity contribution in [2.45, 2.75) is 13.3 Å². The van der Waals surface area contributed by atoms with E-state index >= 15 is 0 Å². The number of carbonyl (C=O) groups is 4. The summed E-state index contributed by atoms with van der Waals surface area (Å²) in [6.07, 6.45) is -0.199. The Hall–Kier alpha value is -4.48. The van der Waals surface area contributed by atoms with E-state index in [2.05, 4.69) is 10.7 Å². The normalized spacial score (nSPS) is 14.9. The molecule has 12 nitrogen and oxygen atoms in total. The molecule has 2 aromatic carbocycles. The number of nitro benzene ring substituents is 1. The number of methoxy groups -OCH3 is 1. The Morgan fingerprint density at radius 1 is 1.21 bits per heavy atom. The Bertz CT molecular complexity index is 1150. The number of nitrogens with one attached hydrogen (secondary N) is 2. The summed E-state index contributed by atoms with van der Waals surface area (Å²) in [5.74, 6) is -3.18. The quantitative estimate of drug-likeness (QED) is 0.334. The molecule has 1 atom stereocenters. The van der Waals surface area contributed by atoms with Crippen LogP contribution in [0.1, 0.15) is 22.3 Å². The molecule has 3 rings (SSSR count). The van der Waals surface area contributed by atoms with Crippen LogP contribution in [0.5, 0.6) is 5.75 Å². The summed E-state index contributed by atoms with van der Waals surface area (Å²) < 4.78 is 9.97. The number of hydrogen-bond donors (Lipinski definition) is 2. The van der Waals surface area contributed by atoms with E-state index in [1.54, 1.807) is 18.2 Å². The maximum Gasteiger partial charge on any atom is 0.311 e. The third-order valence-corrected chi connectivity index (χ3v) is 5.00. The number of amides is 3. The minimum Gasteiger partial charge on any atom is -0.497 e. The van der Waals surface area contributed by atoms with E-state index in [1.807, 2.05) is 13.0 Å². The summed E-state index contributed by atoms with van der Waals surface area (Å²) in [4.78, 5) is 59.6. The van der Waals surface area contributed by atoms with Crippen LogP contribution in [0.3, 0.4) is 0 Å². The first-order chi connectivity index (χ1) is 16.2. The van der Waals surface area contributed by atoms with Crippen molar-refractivity contribution in [1.82, 2.24) is 10.4 Å². The number of aryl methyl sites for hydroxylation is 1. The SMILES string of the molecule is COc1ccc([N+](=O)[O-])c(NC(=O)COC(=O)[C@H]2CC(=O)N(NC(=O)c3cccc(C)c3)C2)c1. The average Bonchev–Trinajstić information content (AvgIpc) is 3.17. The van der Waals surface area contributed by atoms with Gasteiger partial charge in [0.25, 0.3) is 17.5 Å². The molecule has 0 aliphatic carbocycles. The highest BCUT2D eigenvalue weighted by Gasteiger charge is 2.36. The molecule has 2 aromatic rings. The van der Waals surface area contributed by atoms with Crippen molar-refractivity contribution < 1.29 is 33.6 Å². The van der Waals surface area contributed by atoms with Crippen molar-refractivity contribution in [2.24, 2.45) is 5.92 Å². The van der Waals surface area contributed by atoms with Gasteiger partial charge in [-0.15, -0.1) is 0 Å². The molecule has 2 N–H and O–H groups in total. The molecule has 3 amide bonds. The van der Waals surface area contributed by atoms with Gasteiger partial charge in [-0.2, -0.15) is 0 Å². The van der Waals surface area contributed by atoms with Crippen LogP contribution in [-0.2, 0) is 19.1 Å². The van der Waals surface area contributed by atoms with Gasteiger partial charge in [0.05, 0.1) is 24.5 Å². The molecule has 1 heterocycles. The number of hydrazine groups is 1. The van der Waals surface area contributed by atoms with Gasteiger partial charge < -0.3 is 14.8 Å². The van der Waals surface area contributed by atoms with Crippen LogP contribution in [0, 0.1) is 23.0 Å². The van der Waals surface area contributed by atoms with Crippen LogP contribution in [0.15, 0.2) is 42.5 Å². The van der Waals surface area contributed by atoms with E-state index in [1.165, 1.54) is 25.3 Å². The van der Waals surface area contributed by atoms with E-state index in [4.69, 9.17) is 9.47 Å². The van der Waals surface area contributed by atoms with Crippen LogP contribution < -0.4 is 15.5 Å². The monoisotopic (exact) mass is 470 g/mol. The van der Waals surface area contributed by atoms with E-state index in [0.29, 0.717) is 5.56 Å². The lowest BCUT2D eigenvalue weighted by Crippen LogP contribution is -2.43. The molecule has 1 aliphatic rings. The van der Waals surface area contributed by atoms with Crippen molar-refractivity contribution >= 4 is 35.1 Å². The van der Waals surface area contributed by atoms with E-state index in [9.17, 15) is 29.3 Å². The second-order valence-electron chi connectivity index (χ2n) is 7.51. The van der Waals surface area contributed by atoms with Gasteiger partial charge in [-0.3, -0.25) is 39.7 Å². The highest BCUT2D eigenvalue weighted by molar-refractivity contribution is 5.97. The zero-order chi connectivity index (χ0) is 24.8. The minimum atomic E-state index is -0.885. The number of ether oxygens (including phenoxy) is 2. The van der Waals surface area contributed by atoms with E-state index in [0.717, 1.165) is 10.6 Å². The number of hydrogen-bond acceptors (Lipinski definition) is 8. The van der Waals surface area contributed by atoms with Gasteiger partial charge in [0.15, 0.2) is 6.61 Å². The smallest absolute Gasteiger partial charge is 0.311 e. The molecule has 0 spiro atoms. The van der Waals surface area contributed by atoms with Crippen LogP contribution in [0.25, 0.3) is 0 Å². The number of carbonyl (C=O) groups excluding carboxylic acids is 4. The zero-order valence-electron chi connectivity index (χ0n) is 18.4. The Labute approximate surface area is 193 Å². The highest BCUT2D eigenvalue weighted by Crippen LogP contribution is 2.28. The lowest BCUT2D eigenvalue weighted by molar-refractivity contribution is -0.383.